The Bertz CT molecular complexity index is 756. The van der Waals surface area contributed by atoms with Crippen molar-refractivity contribution in [3.63, 3.8) is 0 Å². The number of hydrogen-bond donors (Lipinski definition) is 0. The van der Waals surface area contributed by atoms with Crippen molar-refractivity contribution in [1.82, 2.24) is 19.6 Å². The third-order valence-electron chi connectivity index (χ3n) is 6.49. The molecule has 0 aromatic carbocycles. The van der Waals surface area contributed by atoms with Crippen LogP contribution in [0.2, 0.25) is 0 Å². The number of ether oxygens (including phenoxy) is 1. The maximum absolute atomic E-state index is 13.0. The number of hydrogen-bond acceptors (Lipinski definition) is 5. The molecule has 1 aromatic heterocycles. The Labute approximate surface area is 160 Å². The third kappa shape index (κ3) is 3.94. The van der Waals surface area contributed by atoms with Gasteiger partial charge in [-0.3, -0.25) is 14.5 Å². The second-order valence-corrected chi connectivity index (χ2v) is 8.35. The van der Waals surface area contributed by atoms with Gasteiger partial charge in [-0.25, -0.2) is 4.68 Å². The van der Waals surface area contributed by atoms with Crippen LogP contribution in [0.15, 0.2) is 10.9 Å². The highest BCUT2D eigenvalue weighted by Crippen LogP contribution is 2.30. The Morgan fingerprint density at radius 3 is 2.67 bits per heavy atom. The molecule has 2 atom stereocenters. The first kappa shape index (κ1) is 18.6. The minimum atomic E-state index is -0.199. The predicted octanol–water partition coefficient (Wildman–Crippen LogP) is 0.962. The Morgan fingerprint density at radius 2 is 1.89 bits per heavy atom. The molecule has 27 heavy (non-hydrogen) atoms. The highest BCUT2D eigenvalue weighted by molar-refractivity contribution is 5.76. The van der Waals surface area contributed by atoms with Gasteiger partial charge in [-0.15, -0.1) is 0 Å². The fourth-order valence-corrected chi connectivity index (χ4v) is 4.78. The monoisotopic (exact) mass is 374 g/mol. The van der Waals surface area contributed by atoms with E-state index in [0.717, 1.165) is 63.4 Å². The average Bonchev–Trinajstić information content (AvgIpc) is 2.99. The van der Waals surface area contributed by atoms with Gasteiger partial charge in [-0.05, 0) is 51.0 Å². The van der Waals surface area contributed by atoms with Gasteiger partial charge >= 0.3 is 0 Å². The van der Waals surface area contributed by atoms with Gasteiger partial charge in [-0.2, -0.15) is 5.10 Å². The van der Waals surface area contributed by atoms with E-state index in [9.17, 15) is 9.59 Å². The van der Waals surface area contributed by atoms with E-state index < -0.39 is 0 Å². The number of aryl methyl sites for hydroxylation is 2. The second kappa shape index (κ2) is 7.72. The quantitative estimate of drug-likeness (QED) is 0.788. The van der Waals surface area contributed by atoms with E-state index in [1.165, 1.54) is 11.1 Å². The molecule has 4 aliphatic heterocycles. The van der Waals surface area contributed by atoms with Gasteiger partial charge in [0.2, 0.25) is 5.91 Å². The van der Waals surface area contributed by atoms with Crippen molar-refractivity contribution in [3.05, 3.63) is 27.7 Å². The number of piperidine rings is 1. The van der Waals surface area contributed by atoms with Crippen LogP contribution in [0.5, 0.6) is 0 Å². The Hall–Kier alpha value is -1.73. The zero-order valence-electron chi connectivity index (χ0n) is 16.4. The molecule has 4 fully saturated rings. The third-order valence-corrected chi connectivity index (χ3v) is 6.49. The molecule has 0 saturated carbocycles. The maximum Gasteiger partial charge on any atom is 0.267 e. The lowest BCUT2D eigenvalue weighted by atomic mass is 9.95. The summed E-state index contributed by atoms with van der Waals surface area (Å²) in [5.41, 5.74) is 1.46. The molecule has 0 N–H and O–H groups in total. The number of amides is 1. The molecule has 2 bridgehead atoms. The van der Waals surface area contributed by atoms with E-state index in [2.05, 4.69) is 10.00 Å². The van der Waals surface area contributed by atoms with Gasteiger partial charge in [0, 0.05) is 51.0 Å². The standard InChI is InChI=1S/C20H30N4O3/c1-14-9-19(25)24(21-15(14)2)13-20(26)23-11-16-3-4-18(23)12-22(10-16)17-5-7-27-8-6-17/h9,16-18H,3-8,10-13H2,1-2H3/t16-,18+/m0/s1. The van der Waals surface area contributed by atoms with Crippen LogP contribution in [-0.4, -0.2) is 70.4 Å². The lowest BCUT2D eigenvalue weighted by Crippen LogP contribution is -2.50. The molecule has 4 aliphatic rings. The topological polar surface area (TPSA) is 67.7 Å². The molecule has 4 saturated heterocycles. The van der Waals surface area contributed by atoms with Crippen molar-refractivity contribution in [2.75, 3.05) is 32.8 Å². The average molecular weight is 374 g/mol. The molecule has 5 heterocycles. The van der Waals surface area contributed by atoms with Crippen molar-refractivity contribution in [3.8, 4) is 0 Å². The van der Waals surface area contributed by atoms with Crippen LogP contribution in [0.3, 0.4) is 0 Å². The molecular weight excluding hydrogens is 344 g/mol. The van der Waals surface area contributed by atoms with E-state index in [4.69, 9.17) is 4.74 Å². The zero-order chi connectivity index (χ0) is 19.0. The Balaban J connectivity index is 1.47. The first-order valence-corrected chi connectivity index (χ1v) is 10.2. The highest BCUT2D eigenvalue weighted by Gasteiger charge is 2.39. The van der Waals surface area contributed by atoms with Crippen LogP contribution in [0.25, 0.3) is 0 Å². The van der Waals surface area contributed by atoms with E-state index in [0.29, 0.717) is 12.0 Å². The van der Waals surface area contributed by atoms with Gasteiger partial charge in [0.05, 0.1) is 5.69 Å². The van der Waals surface area contributed by atoms with Gasteiger partial charge < -0.3 is 9.64 Å². The van der Waals surface area contributed by atoms with Crippen molar-refractivity contribution in [2.24, 2.45) is 5.92 Å². The van der Waals surface area contributed by atoms with Crippen LogP contribution in [0, 0.1) is 19.8 Å². The summed E-state index contributed by atoms with van der Waals surface area (Å²) < 4.78 is 6.83. The molecule has 7 heteroatoms. The number of rotatable bonds is 3. The second-order valence-electron chi connectivity index (χ2n) is 8.35. The number of nitrogens with zero attached hydrogens (tertiary/aromatic N) is 4. The van der Waals surface area contributed by atoms with Gasteiger partial charge in [0.1, 0.15) is 6.54 Å². The van der Waals surface area contributed by atoms with Gasteiger partial charge in [-0.1, -0.05) is 0 Å². The lowest BCUT2D eigenvalue weighted by Gasteiger charge is -2.37. The summed E-state index contributed by atoms with van der Waals surface area (Å²) in [5, 5.41) is 4.31. The summed E-state index contributed by atoms with van der Waals surface area (Å²) in [6, 6.07) is 2.40. The first-order valence-electron chi connectivity index (χ1n) is 10.2. The lowest BCUT2D eigenvalue weighted by molar-refractivity contribution is -0.136. The van der Waals surface area contributed by atoms with Crippen LogP contribution < -0.4 is 5.56 Å². The van der Waals surface area contributed by atoms with Crippen LogP contribution in [-0.2, 0) is 16.1 Å². The van der Waals surface area contributed by atoms with Crippen molar-refractivity contribution in [1.29, 1.82) is 0 Å². The zero-order valence-corrected chi connectivity index (χ0v) is 16.4. The maximum atomic E-state index is 13.0. The highest BCUT2D eigenvalue weighted by atomic mass is 16.5. The van der Waals surface area contributed by atoms with Crippen molar-refractivity contribution >= 4 is 5.91 Å². The molecule has 0 aliphatic carbocycles. The summed E-state index contributed by atoms with van der Waals surface area (Å²) in [6.45, 7) is 8.31. The number of fused-ring (bicyclic) bond motifs is 4. The summed E-state index contributed by atoms with van der Waals surface area (Å²) in [7, 11) is 0. The van der Waals surface area contributed by atoms with Crippen LogP contribution in [0.4, 0.5) is 0 Å². The van der Waals surface area contributed by atoms with E-state index in [1.54, 1.807) is 6.07 Å². The minimum absolute atomic E-state index is 0.0244. The van der Waals surface area contributed by atoms with Gasteiger partial charge in [0.15, 0.2) is 0 Å². The number of carbonyl (C=O) groups excluding carboxylic acids is 1. The smallest absolute Gasteiger partial charge is 0.267 e. The summed E-state index contributed by atoms with van der Waals surface area (Å²) >= 11 is 0. The van der Waals surface area contributed by atoms with E-state index >= 15 is 0 Å². The SMILES string of the molecule is Cc1cc(=O)n(CC(=O)N2C[C@H]3CC[C@@H]2CN(C2CCOCC2)C3)nc1C. The Morgan fingerprint density at radius 1 is 1.11 bits per heavy atom. The summed E-state index contributed by atoms with van der Waals surface area (Å²) in [5.74, 6) is 0.552. The van der Waals surface area contributed by atoms with E-state index in [1.807, 2.05) is 18.7 Å². The fourth-order valence-electron chi connectivity index (χ4n) is 4.78. The van der Waals surface area contributed by atoms with Crippen molar-refractivity contribution in [2.45, 2.75) is 58.2 Å². The van der Waals surface area contributed by atoms with Crippen molar-refractivity contribution < 1.29 is 9.53 Å². The molecule has 7 nitrogen and oxygen atoms in total. The largest absolute Gasteiger partial charge is 0.381 e. The molecule has 0 radical (unpaired) electrons. The molecule has 148 valence electrons. The molecule has 0 spiro atoms. The summed E-state index contributed by atoms with van der Waals surface area (Å²) in [4.78, 5) is 29.9. The predicted molar refractivity (Wildman–Crippen MR) is 102 cm³/mol. The molecular formula is C20H30N4O3. The molecule has 5 rings (SSSR count). The minimum Gasteiger partial charge on any atom is -0.381 e. The fraction of sp³-hybridized carbons (Fsp3) is 0.750. The van der Waals surface area contributed by atoms with E-state index in [-0.39, 0.29) is 24.1 Å². The Kier molecular flexibility index (Phi) is 5.32. The van der Waals surface area contributed by atoms with Gasteiger partial charge in [0.25, 0.3) is 5.56 Å². The number of carbonyl (C=O) groups is 1. The molecule has 1 amide bonds. The number of aromatic nitrogens is 2. The van der Waals surface area contributed by atoms with Crippen LogP contribution >= 0.6 is 0 Å². The molecule has 0 unspecified atom stereocenters. The normalized spacial score (nSPS) is 27.0. The first-order chi connectivity index (χ1) is 13.0. The van der Waals surface area contributed by atoms with Crippen LogP contribution in [0.1, 0.15) is 36.9 Å². The molecule has 1 aromatic rings. The summed E-state index contributed by atoms with van der Waals surface area (Å²) in [6.07, 6.45) is 4.44.